The van der Waals surface area contributed by atoms with E-state index in [-0.39, 0.29) is 0 Å². The van der Waals surface area contributed by atoms with E-state index in [9.17, 15) is 0 Å². The van der Waals surface area contributed by atoms with Crippen molar-refractivity contribution in [1.82, 2.24) is 5.32 Å². The number of hydrogen-bond acceptors (Lipinski definition) is 2. The van der Waals surface area contributed by atoms with Gasteiger partial charge < -0.3 is 5.32 Å². The minimum absolute atomic E-state index is 0.611. The summed E-state index contributed by atoms with van der Waals surface area (Å²) in [6.07, 6.45) is 4.17. The zero-order chi connectivity index (χ0) is 12.5. The number of halogens is 1. The van der Waals surface area contributed by atoms with Crippen molar-refractivity contribution >= 4 is 33.0 Å². The van der Waals surface area contributed by atoms with E-state index >= 15 is 0 Å². The minimum Gasteiger partial charge on any atom is -0.309 e. The van der Waals surface area contributed by atoms with Gasteiger partial charge >= 0.3 is 0 Å². The van der Waals surface area contributed by atoms with Crippen LogP contribution < -0.4 is 5.32 Å². The Kier molecular flexibility index (Phi) is 3.60. The van der Waals surface area contributed by atoms with Crippen LogP contribution in [-0.4, -0.2) is 6.04 Å². The number of rotatable bonds is 4. The Balaban J connectivity index is 1.72. The van der Waals surface area contributed by atoms with Crippen LogP contribution in [0.5, 0.6) is 0 Å². The monoisotopic (exact) mass is 279 g/mol. The zero-order valence-corrected chi connectivity index (χ0v) is 12.2. The van der Waals surface area contributed by atoms with Crippen molar-refractivity contribution in [2.75, 3.05) is 0 Å². The molecule has 1 unspecified atom stereocenters. The molecular weight excluding hydrogens is 262 g/mol. The molecule has 0 saturated heterocycles. The van der Waals surface area contributed by atoms with E-state index in [0.29, 0.717) is 6.04 Å². The summed E-state index contributed by atoms with van der Waals surface area (Å²) in [4.78, 5) is 1.27. The third kappa shape index (κ3) is 2.29. The Morgan fingerprint density at radius 1 is 1.39 bits per heavy atom. The highest BCUT2D eigenvalue weighted by Gasteiger charge is 2.23. The van der Waals surface area contributed by atoms with E-state index in [4.69, 9.17) is 11.6 Å². The van der Waals surface area contributed by atoms with E-state index < -0.39 is 0 Å². The highest BCUT2D eigenvalue weighted by Crippen LogP contribution is 2.35. The van der Waals surface area contributed by atoms with Crippen LogP contribution in [0.25, 0.3) is 10.1 Å². The van der Waals surface area contributed by atoms with Crippen molar-refractivity contribution in [2.45, 2.75) is 38.8 Å². The summed E-state index contributed by atoms with van der Waals surface area (Å²) < 4.78 is 1.29. The summed E-state index contributed by atoms with van der Waals surface area (Å²) in [5, 5.41) is 5.75. The van der Waals surface area contributed by atoms with Crippen LogP contribution in [0.1, 0.15) is 31.1 Å². The quantitative estimate of drug-likeness (QED) is 0.845. The van der Waals surface area contributed by atoms with Gasteiger partial charge in [0.1, 0.15) is 0 Å². The highest BCUT2D eigenvalue weighted by atomic mass is 35.5. The van der Waals surface area contributed by atoms with Crippen LogP contribution in [-0.2, 0) is 6.54 Å². The molecule has 1 heterocycles. The molecule has 0 aliphatic heterocycles. The molecule has 0 radical (unpaired) electrons. The van der Waals surface area contributed by atoms with Crippen LogP contribution in [0.15, 0.2) is 24.3 Å². The van der Waals surface area contributed by atoms with E-state index in [1.807, 2.05) is 11.3 Å². The minimum atomic E-state index is 0.611. The molecule has 1 saturated carbocycles. The Bertz CT molecular complexity index is 544. The van der Waals surface area contributed by atoms with Gasteiger partial charge in [0.25, 0.3) is 0 Å². The molecule has 96 valence electrons. The van der Waals surface area contributed by atoms with Crippen molar-refractivity contribution in [3.63, 3.8) is 0 Å². The van der Waals surface area contributed by atoms with E-state index in [2.05, 4.69) is 36.5 Å². The van der Waals surface area contributed by atoms with Gasteiger partial charge in [0.05, 0.1) is 5.02 Å². The molecule has 1 nitrogen and oxygen atoms in total. The third-order valence-corrected chi connectivity index (χ3v) is 5.76. The maximum Gasteiger partial charge on any atom is 0.0636 e. The highest BCUT2D eigenvalue weighted by molar-refractivity contribution is 7.19. The lowest BCUT2D eigenvalue weighted by atomic mass is 9.80. The first-order valence-corrected chi connectivity index (χ1v) is 7.84. The SMILES string of the molecule is CC(NCc1sc2ccccc2c1Cl)C1CCC1. The first-order chi connectivity index (χ1) is 8.75. The molecule has 0 amide bonds. The fourth-order valence-corrected chi connectivity index (χ4v) is 3.99. The number of benzene rings is 1. The molecule has 1 aliphatic carbocycles. The number of fused-ring (bicyclic) bond motifs is 1. The van der Waals surface area contributed by atoms with Crippen LogP contribution in [0.4, 0.5) is 0 Å². The molecule has 0 bridgehead atoms. The van der Waals surface area contributed by atoms with Gasteiger partial charge in [0, 0.05) is 27.5 Å². The van der Waals surface area contributed by atoms with Gasteiger partial charge in [0.15, 0.2) is 0 Å². The van der Waals surface area contributed by atoms with Crippen LogP contribution in [0, 0.1) is 5.92 Å². The summed E-state index contributed by atoms with van der Waals surface area (Å²) in [5.74, 6) is 0.873. The number of thiophene rings is 1. The molecule has 0 spiro atoms. The van der Waals surface area contributed by atoms with Crippen molar-refractivity contribution in [3.05, 3.63) is 34.2 Å². The van der Waals surface area contributed by atoms with E-state index in [1.54, 1.807) is 0 Å². The molecule has 18 heavy (non-hydrogen) atoms. The van der Waals surface area contributed by atoms with Crippen molar-refractivity contribution in [2.24, 2.45) is 5.92 Å². The second-order valence-corrected chi connectivity index (χ2v) is 6.71. The second-order valence-electron chi connectivity index (χ2n) is 5.20. The van der Waals surface area contributed by atoms with Crippen molar-refractivity contribution in [1.29, 1.82) is 0 Å². The average Bonchev–Trinajstić information content (AvgIpc) is 2.62. The third-order valence-electron chi connectivity index (χ3n) is 4.04. The summed E-state index contributed by atoms with van der Waals surface area (Å²) in [7, 11) is 0. The van der Waals surface area contributed by atoms with Crippen LogP contribution >= 0.6 is 22.9 Å². The Labute approximate surface area is 117 Å². The molecule has 2 aromatic rings. The largest absolute Gasteiger partial charge is 0.309 e. The summed E-state index contributed by atoms with van der Waals surface area (Å²) >= 11 is 8.25. The normalized spacial score (nSPS) is 17.9. The molecule has 1 atom stereocenters. The Hall–Kier alpha value is -0.570. The Morgan fingerprint density at radius 2 is 2.17 bits per heavy atom. The fraction of sp³-hybridized carbons (Fsp3) is 0.467. The molecule has 3 heteroatoms. The lowest BCUT2D eigenvalue weighted by Gasteiger charge is -2.32. The van der Waals surface area contributed by atoms with Gasteiger partial charge in [-0.25, -0.2) is 0 Å². The fourth-order valence-electron chi connectivity index (χ4n) is 2.54. The molecule has 1 fully saturated rings. The van der Waals surface area contributed by atoms with Gasteiger partial charge in [-0.15, -0.1) is 11.3 Å². The van der Waals surface area contributed by atoms with Gasteiger partial charge in [-0.2, -0.15) is 0 Å². The number of nitrogens with one attached hydrogen (secondary N) is 1. The average molecular weight is 280 g/mol. The molecule has 3 rings (SSSR count). The molecular formula is C15H18ClNS. The van der Waals surface area contributed by atoms with Crippen LogP contribution in [0.3, 0.4) is 0 Å². The van der Waals surface area contributed by atoms with Gasteiger partial charge in [0.2, 0.25) is 0 Å². The van der Waals surface area contributed by atoms with Gasteiger partial charge in [-0.3, -0.25) is 0 Å². The number of hydrogen-bond donors (Lipinski definition) is 1. The van der Waals surface area contributed by atoms with Crippen molar-refractivity contribution < 1.29 is 0 Å². The molecule has 1 N–H and O–H groups in total. The predicted molar refractivity (Wildman–Crippen MR) is 80.5 cm³/mol. The standard InChI is InChI=1S/C15H18ClNS/c1-10(11-5-4-6-11)17-9-14-15(16)12-7-2-3-8-13(12)18-14/h2-3,7-8,10-11,17H,4-6,9H2,1H3. The smallest absolute Gasteiger partial charge is 0.0636 e. The summed E-state index contributed by atoms with van der Waals surface area (Å²) in [6.45, 7) is 3.20. The molecule has 1 aromatic carbocycles. The van der Waals surface area contributed by atoms with Gasteiger partial charge in [-0.1, -0.05) is 36.2 Å². The second kappa shape index (κ2) is 5.20. The Morgan fingerprint density at radius 3 is 2.83 bits per heavy atom. The van der Waals surface area contributed by atoms with E-state index in [0.717, 1.165) is 17.5 Å². The first kappa shape index (κ1) is 12.5. The van der Waals surface area contributed by atoms with Crippen LogP contribution in [0.2, 0.25) is 5.02 Å². The predicted octanol–water partition coefficient (Wildman–Crippen LogP) is 4.83. The first-order valence-electron chi connectivity index (χ1n) is 6.65. The summed E-state index contributed by atoms with van der Waals surface area (Å²) in [6, 6.07) is 8.98. The van der Waals surface area contributed by atoms with Gasteiger partial charge in [-0.05, 0) is 31.7 Å². The lowest BCUT2D eigenvalue weighted by Crippen LogP contribution is -2.36. The maximum atomic E-state index is 6.44. The lowest BCUT2D eigenvalue weighted by molar-refractivity contribution is 0.240. The summed E-state index contributed by atoms with van der Waals surface area (Å²) in [5.41, 5.74) is 0. The topological polar surface area (TPSA) is 12.0 Å². The molecule has 1 aromatic heterocycles. The van der Waals surface area contributed by atoms with Crippen molar-refractivity contribution in [3.8, 4) is 0 Å². The molecule has 1 aliphatic rings. The zero-order valence-electron chi connectivity index (χ0n) is 10.6. The van der Waals surface area contributed by atoms with E-state index in [1.165, 1.54) is 34.2 Å². The maximum absolute atomic E-state index is 6.44.